The quantitative estimate of drug-likeness (QED) is 0.0222. The van der Waals surface area contributed by atoms with Gasteiger partial charge in [0, 0.05) is 20.3 Å². The third kappa shape index (κ3) is 29.4. The van der Waals surface area contributed by atoms with Crippen LogP contribution in [0.4, 0.5) is 0 Å². The highest BCUT2D eigenvalue weighted by Crippen LogP contribution is 2.38. The standard InChI is InChI=1S/C76H137N3O33/c1-5-7-9-11-13-15-17-19-20-22-24-26-28-30-32-34-52(89)79-44(45(88)33-31-29-27-25-23-21-18-16-14-12-10-8-6-2)41-101-73-62(97)60(95)66(50(39-84)106-73)108-74-63(98)61(96)67(51(40-85)107-74)109-75-64(99)70(58(93)48(37-82)104-75)112-72-54(78-43(4)87)68(56(91)47(36-81)103-72)110-76-65(100)69(57(92)49(38-83)105-76)111-71-53(77-42(3)86)59(94)55(90)46(35-80)102-71/h31,33,44-51,53-76,80-85,88,90-100H,5-30,32,34-41H2,1-4H3,(H,77,86)(H,78,87)(H,79,89)/b33-31+/t44-,45+,46?,47?,48?,49?,50?,51?,53?,54?,55-,56-,57-,58-,59+,60+,61+,62?,63?,64?,65?,66+,67-,68+,69-,70-,71+,72-,73+,74-,75-,76-/m0/s1. The Kier molecular flexibility index (Phi) is 45.5. The molecule has 112 heavy (non-hydrogen) atoms. The second kappa shape index (κ2) is 52.1. The molecule has 0 aromatic rings. The molecular weight excluding hydrogens is 1480 g/mol. The number of hydrogen-bond acceptors (Lipinski definition) is 33. The molecule has 36 nitrogen and oxygen atoms in total. The van der Waals surface area contributed by atoms with Gasteiger partial charge in [0.15, 0.2) is 37.7 Å². The average molecular weight is 1620 g/mol. The normalized spacial score (nSPS) is 37.2. The fourth-order valence-corrected chi connectivity index (χ4v) is 15.1. The molecule has 0 aliphatic carbocycles. The summed E-state index contributed by atoms with van der Waals surface area (Å²) in [5.74, 6) is -1.99. The second-order valence-electron chi connectivity index (χ2n) is 30.7. The molecule has 654 valence electrons. The minimum atomic E-state index is -2.27. The summed E-state index contributed by atoms with van der Waals surface area (Å²) in [5, 5.41) is 209. The number of ether oxygens (including phenoxy) is 12. The zero-order chi connectivity index (χ0) is 82.0. The van der Waals surface area contributed by atoms with Crippen LogP contribution >= 0.6 is 0 Å². The Bertz CT molecular complexity index is 2600. The van der Waals surface area contributed by atoms with Gasteiger partial charge < -0.3 is 165 Å². The Balaban J connectivity index is 1.08. The minimum Gasteiger partial charge on any atom is -0.394 e. The smallest absolute Gasteiger partial charge is 0.220 e. The summed E-state index contributed by atoms with van der Waals surface area (Å²) in [6.45, 7) is 0.0589. The molecule has 6 saturated heterocycles. The zero-order valence-electron chi connectivity index (χ0n) is 65.6. The minimum absolute atomic E-state index is 0.181. The van der Waals surface area contributed by atoms with E-state index in [4.69, 9.17) is 56.8 Å². The number of hydrogen-bond donors (Lipinski definition) is 21. The van der Waals surface area contributed by atoms with Crippen LogP contribution in [0.25, 0.3) is 0 Å². The lowest BCUT2D eigenvalue weighted by atomic mass is 9.94. The van der Waals surface area contributed by atoms with Crippen molar-refractivity contribution in [3.05, 3.63) is 12.2 Å². The number of carbonyl (C=O) groups is 3. The molecule has 6 aliphatic heterocycles. The molecule has 0 spiro atoms. The van der Waals surface area contributed by atoms with Crippen molar-refractivity contribution < 1.29 is 163 Å². The van der Waals surface area contributed by atoms with Crippen LogP contribution in [0.5, 0.6) is 0 Å². The molecule has 6 aliphatic rings. The van der Waals surface area contributed by atoms with E-state index in [1.54, 1.807) is 6.08 Å². The summed E-state index contributed by atoms with van der Waals surface area (Å²) in [6.07, 6.45) is -21.0. The van der Waals surface area contributed by atoms with Crippen LogP contribution in [0.1, 0.15) is 207 Å². The lowest BCUT2D eigenvalue weighted by Crippen LogP contribution is -2.71. The molecular formula is C76H137N3O33. The van der Waals surface area contributed by atoms with Gasteiger partial charge >= 0.3 is 0 Å². The van der Waals surface area contributed by atoms with Crippen molar-refractivity contribution in [1.29, 1.82) is 0 Å². The molecule has 12 unspecified atom stereocenters. The molecule has 0 bridgehead atoms. The summed E-state index contributed by atoms with van der Waals surface area (Å²) in [5.41, 5.74) is 0. The van der Waals surface area contributed by atoms with Crippen LogP contribution in [0, 0.1) is 0 Å². The molecule has 6 fully saturated rings. The predicted molar refractivity (Wildman–Crippen MR) is 394 cm³/mol. The maximum atomic E-state index is 13.5. The monoisotopic (exact) mass is 1620 g/mol. The van der Waals surface area contributed by atoms with Crippen molar-refractivity contribution in [2.75, 3.05) is 46.2 Å². The topological polar surface area (TPSA) is 562 Å². The molecule has 0 aromatic heterocycles. The van der Waals surface area contributed by atoms with Gasteiger partial charge in [0.1, 0.15) is 146 Å². The largest absolute Gasteiger partial charge is 0.394 e. The fraction of sp³-hybridized carbons (Fsp3) is 0.934. The van der Waals surface area contributed by atoms with E-state index < -0.39 is 254 Å². The van der Waals surface area contributed by atoms with E-state index in [2.05, 4.69) is 29.8 Å². The van der Waals surface area contributed by atoms with Gasteiger partial charge in [-0.15, -0.1) is 0 Å². The third-order valence-electron chi connectivity index (χ3n) is 21.7. The first-order chi connectivity index (χ1) is 53.8. The highest BCUT2D eigenvalue weighted by Gasteiger charge is 2.59. The summed E-state index contributed by atoms with van der Waals surface area (Å²) in [7, 11) is 0. The van der Waals surface area contributed by atoms with Gasteiger partial charge in [-0.25, -0.2) is 0 Å². The van der Waals surface area contributed by atoms with Gasteiger partial charge in [-0.2, -0.15) is 0 Å². The molecule has 32 atom stereocenters. The lowest BCUT2D eigenvalue weighted by molar-refractivity contribution is -0.390. The van der Waals surface area contributed by atoms with E-state index in [0.29, 0.717) is 12.8 Å². The van der Waals surface area contributed by atoms with Gasteiger partial charge in [-0.1, -0.05) is 180 Å². The summed E-state index contributed by atoms with van der Waals surface area (Å²) in [6, 6.07) is -4.51. The summed E-state index contributed by atoms with van der Waals surface area (Å²) < 4.78 is 70.8. The Morgan fingerprint density at radius 3 is 1.09 bits per heavy atom. The van der Waals surface area contributed by atoms with Gasteiger partial charge in [0.25, 0.3) is 0 Å². The number of amides is 3. The second-order valence-corrected chi connectivity index (χ2v) is 30.7. The van der Waals surface area contributed by atoms with E-state index in [9.17, 15) is 106 Å². The SMILES string of the molecule is CCCCCCCCCCCCC/C=C/[C@@H](O)[C@H](CO[C@@H]1OC(CO)[C@@H](O[C@@H]2OC(CO)[C@H](O[C@@H]3OC(CO)[C@H](O)[C@H](O[C@@H]4OC(CO)[C@H](O)[C@H](O[C@@H]5OC(CO)[C@H](O)[C@H](O[C@H]6OC(CO)[C@H](O)[C@H](O)C6NC(C)=O)C5O)C4NC(C)=O)C3O)[C@H](O)C2O)[C@H](O)C1O)NC(=O)CCCCCCCCCCCCCCCCC. The molecule has 21 N–H and O–H groups in total. The van der Waals surface area contributed by atoms with Crippen molar-refractivity contribution >= 4 is 17.7 Å². The summed E-state index contributed by atoms with van der Waals surface area (Å²) >= 11 is 0. The fourth-order valence-electron chi connectivity index (χ4n) is 15.1. The van der Waals surface area contributed by atoms with E-state index in [1.165, 1.54) is 109 Å². The van der Waals surface area contributed by atoms with Crippen LogP contribution in [-0.2, 0) is 71.2 Å². The van der Waals surface area contributed by atoms with Gasteiger partial charge in [-0.3, -0.25) is 14.4 Å². The van der Waals surface area contributed by atoms with Gasteiger partial charge in [0.05, 0.1) is 58.4 Å². The first-order valence-corrected chi connectivity index (χ1v) is 41.0. The Morgan fingerprint density at radius 2 is 0.670 bits per heavy atom. The van der Waals surface area contributed by atoms with Crippen LogP contribution < -0.4 is 16.0 Å². The van der Waals surface area contributed by atoms with Crippen molar-refractivity contribution in [3.8, 4) is 0 Å². The highest BCUT2D eigenvalue weighted by atomic mass is 16.8. The molecule has 0 radical (unpaired) electrons. The molecule has 36 heteroatoms. The first-order valence-electron chi connectivity index (χ1n) is 41.0. The maximum Gasteiger partial charge on any atom is 0.220 e. The van der Waals surface area contributed by atoms with Gasteiger partial charge in [0.2, 0.25) is 17.7 Å². The van der Waals surface area contributed by atoms with E-state index in [0.717, 1.165) is 65.2 Å². The summed E-state index contributed by atoms with van der Waals surface area (Å²) in [4.78, 5) is 38.7. The molecule has 0 aromatic carbocycles. The van der Waals surface area contributed by atoms with Gasteiger partial charge in [-0.05, 0) is 19.3 Å². The van der Waals surface area contributed by atoms with Crippen LogP contribution in [0.15, 0.2) is 12.2 Å². The highest BCUT2D eigenvalue weighted by molar-refractivity contribution is 5.76. The Hall–Kier alpha value is -3.05. The number of unbranched alkanes of at least 4 members (excludes halogenated alkanes) is 25. The number of carbonyl (C=O) groups excluding carboxylic acids is 3. The number of aliphatic hydroxyl groups is 18. The van der Waals surface area contributed by atoms with Crippen LogP contribution in [-0.4, -0.2) is 352 Å². The molecule has 0 saturated carbocycles. The first kappa shape index (κ1) is 97.8. The van der Waals surface area contributed by atoms with Crippen molar-refractivity contribution in [2.24, 2.45) is 0 Å². The van der Waals surface area contributed by atoms with E-state index in [1.807, 2.05) is 6.08 Å². The lowest BCUT2D eigenvalue weighted by Gasteiger charge is -2.51. The molecule has 6 heterocycles. The van der Waals surface area contributed by atoms with Crippen molar-refractivity contribution in [3.63, 3.8) is 0 Å². The van der Waals surface area contributed by atoms with Crippen LogP contribution in [0.2, 0.25) is 0 Å². The van der Waals surface area contributed by atoms with E-state index >= 15 is 0 Å². The number of allylic oxidation sites excluding steroid dienone is 1. The molecule has 6 rings (SSSR count). The van der Waals surface area contributed by atoms with Crippen molar-refractivity contribution in [1.82, 2.24) is 16.0 Å². The Labute approximate surface area is 656 Å². The third-order valence-corrected chi connectivity index (χ3v) is 21.7. The predicted octanol–water partition coefficient (Wildman–Crippen LogP) is -2.42. The Morgan fingerprint density at radius 1 is 0.348 bits per heavy atom. The number of aliphatic hydroxyl groups excluding tert-OH is 18. The maximum absolute atomic E-state index is 13.5. The molecule has 3 amide bonds. The van der Waals surface area contributed by atoms with E-state index in [-0.39, 0.29) is 12.3 Å². The number of rotatable bonds is 52. The zero-order valence-corrected chi connectivity index (χ0v) is 65.6. The number of nitrogens with one attached hydrogen (secondary N) is 3. The van der Waals surface area contributed by atoms with Crippen molar-refractivity contribution in [2.45, 2.75) is 404 Å². The average Bonchev–Trinajstić information content (AvgIpc) is 0.759. The van der Waals surface area contributed by atoms with Crippen LogP contribution in [0.3, 0.4) is 0 Å².